The van der Waals surface area contributed by atoms with Gasteiger partial charge in [-0.25, -0.2) is 0 Å². The lowest BCUT2D eigenvalue weighted by Crippen LogP contribution is -2.26. The number of nitrogens with one attached hydrogen (secondary N) is 1. The van der Waals surface area contributed by atoms with Crippen LogP contribution in [0.2, 0.25) is 0 Å². The normalized spacial score (nSPS) is 19.9. The largest absolute Gasteiger partial charge is 0.375 e. The minimum atomic E-state index is 0. The lowest BCUT2D eigenvalue weighted by Gasteiger charge is -2.10. The Morgan fingerprint density at radius 1 is 1.40 bits per heavy atom. The summed E-state index contributed by atoms with van der Waals surface area (Å²) in [5.74, 6) is 0. The van der Waals surface area contributed by atoms with Gasteiger partial charge in [0.25, 0.3) is 0 Å². The predicted molar refractivity (Wildman–Crippen MR) is 62.2 cm³/mol. The van der Waals surface area contributed by atoms with Crippen molar-refractivity contribution in [2.24, 2.45) is 0 Å². The Bertz CT molecular complexity index is 263. The highest BCUT2D eigenvalue weighted by atomic mass is 35.5. The van der Waals surface area contributed by atoms with E-state index >= 15 is 0 Å². The van der Waals surface area contributed by atoms with Gasteiger partial charge in [-0.05, 0) is 37.1 Å². The number of pyridine rings is 1. The van der Waals surface area contributed by atoms with E-state index in [0.29, 0.717) is 12.6 Å². The Kier molecular flexibility index (Phi) is 5.61. The molecule has 1 unspecified atom stereocenters. The van der Waals surface area contributed by atoms with E-state index in [-0.39, 0.29) is 12.4 Å². The second kappa shape index (κ2) is 6.77. The fraction of sp³-hybridized carbons (Fsp3) is 0.545. The molecule has 1 aliphatic rings. The molecule has 0 aromatic carbocycles. The first-order valence-electron chi connectivity index (χ1n) is 5.15. The molecule has 1 aromatic heterocycles. The SMILES string of the molecule is Cl.c1cc(COCC2CCCN2)ccn1. The summed E-state index contributed by atoms with van der Waals surface area (Å²) < 4.78 is 5.61. The molecule has 0 saturated carbocycles. The number of aromatic nitrogens is 1. The van der Waals surface area contributed by atoms with Gasteiger partial charge in [-0.15, -0.1) is 12.4 Å². The van der Waals surface area contributed by atoms with Gasteiger partial charge in [-0.3, -0.25) is 4.98 Å². The highest BCUT2D eigenvalue weighted by Crippen LogP contribution is 2.06. The molecule has 1 N–H and O–H groups in total. The molecule has 0 spiro atoms. The van der Waals surface area contributed by atoms with Crippen LogP contribution in [0.3, 0.4) is 0 Å². The van der Waals surface area contributed by atoms with Crippen molar-refractivity contribution in [3.8, 4) is 0 Å². The van der Waals surface area contributed by atoms with Crippen molar-refractivity contribution in [1.82, 2.24) is 10.3 Å². The van der Waals surface area contributed by atoms with Gasteiger partial charge in [0.05, 0.1) is 13.2 Å². The zero-order valence-corrected chi connectivity index (χ0v) is 9.50. The van der Waals surface area contributed by atoms with Crippen LogP contribution in [0.25, 0.3) is 0 Å². The maximum atomic E-state index is 5.61. The molecule has 0 bridgehead atoms. The van der Waals surface area contributed by atoms with Gasteiger partial charge in [0, 0.05) is 18.4 Å². The van der Waals surface area contributed by atoms with Crippen LogP contribution in [0.5, 0.6) is 0 Å². The first kappa shape index (κ1) is 12.4. The summed E-state index contributed by atoms with van der Waals surface area (Å²) in [4.78, 5) is 3.96. The van der Waals surface area contributed by atoms with Crippen molar-refractivity contribution in [3.63, 3.8) is 0 Å². The molecule has 1 aromatic rings. The molecular weight excluding hydrogens is 212 g/mol. The van der Waals surface area contributed by atoms with E-state index in [1.54, 1.807) is 12.4 Å². The standard InChI is InChI=1S/C11H16N2O.ClH/c1-2-11(13-5-1)9-14-8-10-3-6-12-7-4-10;/h3-4,6-7,11,13H,1-2,5,8-9H2;1H. The average molecular weight is 229 g/mol. The third-order valence-electron chi connectivity index (χ3n) is 2.50. The smallest absolute Gasteiger partial charge is 0.0718 e. The van der Waals surface area contributed by atoms with Gasteiger partial charge in [-0.1, -0.05) is 0 Å². The molecule has 15 heavy (non-hydrogen) atoms. The van der Waals surface area contributed by atoms with Gasteiger partial charge in [0.1, 0.15) is 0 Å². The number of halogens is 1. The number of nitrogens with zero attached hydrogens (tertiary/aromatic N) is 1. The summed E-state index contributed by atoms with van der Waals surface area (Å²) in [6.07, 6.45) is 6.12. The predicted octanol–water partition coefficient (Wildman–Crippen LogP) is 1.77. The van der Waals surface area contributed by atoms with Gasteiger partial charge in [0.2, 0.25) is 0 Å². The maximum Gasteiger partial charge on any atom is 0.0718 e. The van der Waals surface area contributed by atoms with Crippen molar-refractivity contribution in [2.75, 3.05) is 13.2 Å². The molecule has 1 atom stereocenters. The zero-order valence-electron chi connectivity index (χ0n) is 8.69. The Morgan fingerprint density at radius 2 is 2.20 bits per heavy atom. The van der Waals surface area contributed by atoms with Crippen molar-refractivity contribution in [1.29, 1.82) is 0 Å². The third-order valence-corrected chi connectivity index (χ3v) is 2.50. The van der Waals surface area contributed by atoms with Gasteiger partial charge >= 0.3 is 0 Å². The lowest BCUT2D eigenvalue weighted by molar-refractivity contribution is 0.103. The van der Waals surface area contributed by atoms with Crippen LogP contribution >= 0.6 is 12.4 Å². The molecule has 0 amide bonds. The molecule has 1 fully saturated rings. The van der Waals surface area contributed by atoms with Crippen molar-refractivity contribution in [3.05, 3.63) is 30.1 Å². The monoisotopic (exact) mass is 228 g/mol. The Morgan fingerprint density at radius 3 is 2.87 bits per heavy atom. The molecule has 1 aliphatic heterocycles. The second-order valence-electron chi connectivity index (χ2n) is 3.66. The molecule has 0 aliphatic carbocycles. The van der Waals surface area contributed by atoms with Crippen molar-refractivity contribution >= 4 is 12.4 Å². The molecule has 1 saturated heterocycles. The van der Waals surface area contributed by atoms with Gasteiger partial charge in [0.15, 0.2) is 0 Å². The number of rotatable bonds is 4. The van der Waals surface area contributed by atoms with E-state index in [1.165, 1.54) is 18.4 Å². The molecule has 4 heteroatoms. The zero-order chi connectivity index (χ0) is 9.64. The van der Waals surface area contributed by atoms with Crippen LogP contribution < -0.4 is 5.32 Å². The molecule has 2 heterocycles. The molecule has 3 nitrogen and oxygen atoms in total. The summed E-state index contributed by atoms with van der Waals surface area (Å²) in [5, 5.41) is 3.41. The molecule has 2 rings (SSSR count). The first-order chi connectivity index (χ1) is 6.95. The average Bonchev–Trinajstić information content (AvgIpc) is 2.72. The maximum absolute atomic E-state index is 5.61. The van der Waals surface area contributed by atoms with E-state index in [4.69, 9.17) is 4.74 Å². The number of hydrogen-bond acceptors (Lipinski definition) is 3. The van der Waals surface area contributed by atoms with E-state index in [0.717, 1.165) is 13.2 Å². The van der Waals surface area contributed by atoms with Crippen LogP contribution in [0.4, 0.5) is 0 Å². The molecule has 0 radical (unpaired) electrons. The lowest BCUT2D eigenvalue weighted by atomic mass is 10.2. The van der Waals surface area contributed by atoms with Crippen LogP contribution in [-0.2, 0) is 11.3 Å². The first-order valence-corrected chi connectivity index (χ1v) is 5.15. The highest BCUT2D eigenvalue weighted by molar-refractivity contribution is 5.85. The molecular formula is C11H17ClN2O. The Balaban J connectivity index is 0.00000112. The molecule has 84 valence electrons. The minimum Gasteiger partial charge on any atom is -0.375 e. The summed E-state index contributed by atoms with van der Waals surface area (Å²) in [6.45, 7) is 2.66. The third kappa shape index (κ3) is 4.16. The second-order valence-corrected chi connectivity index (χ2v) is 3.66. The number of ether oxygens (including phenoxy) is 1. The fourth-order valence-electron chi connectivity index (χ4n) is 1.70. The van der Waals surface area contributed by atoms with E-state index < -0.39 is 0 Å². The van der Waals surface area contributed by atoms with E-state index in [1.807, 2.05) is 12.1 Å². The minimum absolute atomic E-state index is 0. The van der Waals surface area contributed by atoms with Gasteiger partial charge in [-0.2, -0.15) is 0 Å². The van der Waals surface area contributed by atoms with Crippen LogP contribution in [-0.4, -0.2) is 24.2 Å². The summed E-state index contributed by atoms with van der Waals surface area (Å²) in [6, 6.07) is 4.54. The van der Waals surface area contributed by atoms with E-state index in [9.17, 15) is 0 Å². The quantitative estimate of drug-likeness (QED) is 0.853. The summed E-state index contributed by atoms with van der Waals surface area (Å²) in [7, 11) is 0. The highest BCUT2D eigenvalue weighted by Gasteiger charge is 2.13. The number of hydrogen-bond donors (Lipinski definition) is 1. The topological polar surface area (TPSA) is 34.1 Å². The van der Waals surface area contributed by atoms with Crippen molar-refractivity contribution < 1.29 is 4.74 Å². The van der Waals surface area contributed by atoms with Crippen molar-refractivity contribution in [2.45, 2.75) is 25.5 Å². The Hall–Kier alpha value is -0.640. The van der Waals surface area contributed by atoms with E-state index in [2.05, 4.69) is 10.3 Å². The summed E-state index contributed by atoms with van der Waals surface area (Å²) in [5.41, 5.74) is 1.19. The summed E-state index contributed by atoms with van der Waals surface area (Å²) >= 11 is 0. The van der Waals surface area contributed by atoms with Crippen LogP contribution in [0.15, 0.2) is 24.5 Å². The van der Waals surface area contributed by atoms with Crippen LogP contribution in [0.1, 0.15) is 18.4 Å². The fourth-order valence-corrected chi connectivity index (χ4v) is 1.70. The Labute approximate surface area is 96.7 Å². The van der Waals surface area contributed by atoms with Gasteiger partial charge < -0.3 is 10.1 Å². The van der Waals surface area contributed by atoms with Crippen LogP contribution in [0, 0.1) is 0 Å².